The predicted molar refractivity (Wildman–Crippen MR) is 69.7 cm³/mol. The fourth-order valence-corrected chi connectivity index (χ4v) is 2.88. The molecular formula is C12H19N3S. The summed E-state index contributed by atoms with van der Waals surface area (Å²) in [5.41, 5.74) is 1.15. The highest BCUT2D eigenvalue weighted by molar-refractivity contribution is 7.99. The Morgan fingerprint density at radius 2 is 2.50 bits per heavy atom. The molecule has 1 N–H and O–H groups in total. The molecule has 0 radical (unpaired) electrons. The summed E-state index contributed by atoms with van der Waals surface area (Å²) in [5.74, 6) is 2.48. The summed E-state index contributed by atoms with van der Waals surface area (Å²) in [7, 11) is 2.16. The maximum absolute atomic E-state index is 4.34. The molecule has 1 saturated heterocycles. The van der Waals surface area contributed by atoms with Crippen LogP contribution in [0.5, 0.6) is 0 Å². The molecule has 1 aliphatic heterocycles. The third-order valence-electron chi connectivity index (χ3n) is 2.69. The van der Waals surface area contributed by atoms with Crippen LogP contribution in [0.1, 0.15) is 5.69 Å². The Kier molecular flexibility index (Phi) is 4.63. The van der Waals surface area contributed by atoms with Crippen LogP contribution in [0.2, 0.25) is 0 Å². The van der Waals surface area contributed by atoms with Crippen molar-refractivity contribution in [3.8, 4) is 0 Å². The molecule has 2 heterocycles. The van der Waals surface area contributed by atoms with Gasteiger partial charge < -0.3 is 5.32 Å². The third kappa shape index (κ3) is 3.77. The average Bonchev–Trinajstić information content (AvgIpc) is 2.31. The number of hydrogen-bond acceptors (Lipinski definition) is 4. The molecule has 0 amide bonds. The van der Waals surface area contributed by atoms with Crippen molar-refractivity contribution in [1.29, 1.82) is 0 Å². The molecule has 1 atom stereocenters. The Hall–Kier alpha value is -0.580. The van der Waals surface area contributed by atoms with Gasteiger partial charge in [0.1, 0.15) is 0 Å². The number of nitrogens with zero attached hydrogens (tertiary/aromatic N) is 2. The zero-order valence-corrected chi connectivity index (χ0v) is 10.5. The third-order valence-corrected chi connectivity index (χ3v) is 3.82. The highest BCUT2D eigenvalue weighted by Crippen LogP contribution is 2.09. The number of pyridine rings is 1. The molecule has 0 saturated carbocycles. The van der Waals surface area contributed by atoms with E-state index in [0.29, 0.717) is 6.04 Å². The van der Waals surface area contributed by atoms with E-state index in [9.17, 15) is 0 Å². The first-order valence-corrected chi connectivity index (χ1v) is 6.89. The summed E-state index contributed by atoms with van der Waals surface area (Å²) in [4.78, 5) is 6.68. The summed E-state index contributed by atoms with van der Waals surface area (Å²) in [6.45, 7) is 3.18. The van der Waals surface area contributed by atoms with E-state index in [0.717, 1.165) is 25.3 Å². The first-order valence-electron chi connectivity index (χ1n) is 5.74. The van der Waals surface area contributed by atoms with Crippen molar-refractivity contribution in [1.82, 2.24) is 15.2 Å². The molecule has 16 heavy (non-hydrogen) atoms. The van der Waals surface area contributed by atoms with Crippen molar-refractivity contribution >= 4 is 11.8 Å². The highest BCUT2D eigenvalue weighted by Gasteiger charge is 2.14. The summed E-state index contributed by atoms with van der Waals surface area (Å²) in [6.07, 6.45) is 1.86. The Bertz CT molecular complexity index is 298. The van der Waals surface area contributed by atoms with Gasteiger partial charge in [0.25, 0.3) is 0 Å². The second-order valence-electron chi connectivity index (χ2n) is 4.24. The van der Waals surface area contributed by atoms with E-state index in [1.54, 1.807) is 0 Å². The minimum Gasteiger partial charge on any atom is -0.311 e. The van der Waals surface area contributed by atoms with Gasteiger partial charge in [-0.2, -0.15) is 11.8 Å². The summed E-state index contributed by atoms with van der Waals surface area (Å²) < 4.78 is 0. The van der Waals surface area contributed by atoms with Gasteiger partial charge in [0.2, 0.25) is 0 Å². The monoisotopic (exact) mass is 237 g/mol. The van der Waals surface area contributed by atoms with Crippen molar-refractivity contribution in [2.24, 2.45) is 0 Å². The minimum absolute atomic E-state index is 0.632. The molecule has 0 spiro atoms. The number of nitrogens with one attached hydrogen (secondary N) is 1. The maximum atomic E-state index is 4.34. The molecule has 0 bridgehead atoms. The van der Waals surface area contributed by atoms with Crippen LogP contribution >= 0.6 is 11.8 Å². The van der Waals surface area contributed by atoms with Gasteiger partial charge >= 0.3 is 0 Å². The highest BCUT2D eigenvalue weighted by atomic mass is 32.2. The first-order chi connectivity index (χ1) is 7.84. The van der Waals surface area contributed by atoms with E-state index in [1.165, 1.54) is 11.5 Å². The SMILES string of the molecule is CN(Cc1ccccn1)CC1CSCCN1. The maximum Gasteiger partial charge on any atom is 0.0543 e. The van der Waals surface area contributed by atoms with Gasteiger partial charge in [-0.15, -0.1) is 0 Å². The largest absolute Gasteiger partial charge is 0.311 e. The Balaban J connectivity index is 1.77. The number of thioether (sulfide) groups is 1. The molecule has 1 unspecified atom stereocenters. The minimum atomic E-state index is 0.632. The topological polar surface area (TPSA) is 28.2 Å². The molecule has 1 aromatic rings. The molecular weight excluding hydrogens is 218 g/mol. The van der Waals surface area contributed by atoms with Crippen molar-refractivity contribution in [3.63, 3.8) is 0 Å². The number of aromatic nitrogens is 1. The van der Waals surface area contributed by atoms with Crippen molar-refractivity contribution in [2.75, 3.05) is 31.6 Å². The van der Waals surface area contributed by atoms with Crippen LogP contribution in [0, 0.1) is 0 Å². The van der Waals surface area contributed by atoms with Gasteiger partial charge in [-0.05, 0) is 19.2 Å². The lowest BCUT2D eigenvalue weighted by atomic mass is 10.3. The predicted octanol–water partition coefficient (Wildman–Crippen LogP) is 1.22. The van der Waals surface area contributed by atoms with E-state index in [1.807, 2.05) is 30.1 Å². The summed E-state index contributed by atoms with van der Waals surface area (Å²) in [5, 5.41) is 3.55. The van der Waals surface area contributed by atoms with Crippen LogP contribution in [-0.2, 0) is 6.54 Å². The molecule has 2 rings (SSSR count). The van der Waals surface area contributed by atoms with E-state index in [2.05, 4.69) is 28.3 Å². The number of rotatable bonds is 4. The lowest BCUT2D eigenvalue weighted by Crippen LogP contribution is -2.44. The lowest BCUT2D eigenvalue weighted by Gasteiger charge is -2.27. The summed E-state index contributed by atoms with van der Waals surface area (Å²) >= 11 is 2.05. The second-order valence-corrected chi connectivity index (χ2v) is 5.39. The number of likely N-dealkylation sites (N-methyl/N-ethyl adjacent to an activating group) is 1. The van der Waals surface area contributed by atoms with Gasteiger partial charge in [0.15, 0.2) is 0 Å². The Morgan fingerprint density at radius 3 is 3.19 bits per heavy atom. The van der Waals surface area contributed by atoms with Crippen molar-refractivity contribution in [2.45, 2.75) is 12.6 Å². The molecule has 4 heteroatoms. The fraction of sp³-hybridized carbons (Fsp3) is 0.583. The van der Waals surface area contributed by atoms with Gasteiger partial charge in [-0.3, -0.25) is 9.88 Å². The van der Waals surface area contributed by atoms with Crippen LogP contribution < -0.4 is 5.32 Å². The molecule has 88 valence electrons. The van der Waals surface area contributed by atoms with Crippen LogP contribution in [0.25, 0.3) is 0 Å². The molecule has 3 nitrogen and oxygen atoms in total. The van der Waals surface area contributed by atoms with Crippen LogP contribution in [0.4, 0.5) is 0 Å². The average molecular weight is 237 g/mol. The second kappa shape index (κ2) is 6.23. The quantitative estimate of drug-likeness (QED) is 0.852. The first kappa shape index (κ1) is 11.9. The lowest BCUT2D eigenvalue weighted by molar-refractivity contribution is 0.289. The smallest absolute Gasteiger partial charge is 0.0543 e. The standard InChI is InChI=1S/C12H19N3S/c1-15(8-11-4-2-3-5-13-11)9-12-10-16-7-6-14-12/h2-5,12,14H,6-10H2,1H3. The molecule has 1 aromatic heterocycles. The van der Waals surface area contributed by atoms with Crippen molar-refractivity contribution < 1.29 is 0 Å². The Labute approximate surface area is 102 Å². The van der Waals surface area contributed by atoms with Gasteiger partial charge in [-0.25, -0.2) is 0 Å². The molecule has 0 aromatic carbocycles. The van der Waals surface area contributed by atoms with Crippen LogP contribution in [0.3, 0.4) is 0 Å². The van der Waals surface area contributed by atoms with Crippen LogP contribution in [-0.4, -0.2) is 47.6 Å². The van der Waals surface area contributed by atoms with Crippen molar-refractivity contribution in [3.05, 3.63) is 30.1 Å². The zero-order chi connectivity index (χ0) is 11.2. The van der Waals surface area contributed by atoms with Crippen LogP contribution in [0.15, 0.2) is 24.4 Å². The van der Waals surface area contributed by atoms with E-state index in [4.69, 9.17) is 0 Å². The Morgan fingerprint density at radius 1 is 1.56 bits per heavy atom. The van der Waals surface area contributed by atoms with E-state index >= 15 is 0 Å². The molecule has 0 aliphatic carbocycles. The summed E-state index contributed by atoms with van der Waals surface area (Å²) in [6, 6.07) is 6.72. The molecule has 1 fully saturated rings. The number of hydrogen-bond donors (Lipinski definition) is 1. The van der Waals surface area contributed by atoms with Gasteiger partial charge in [-0.1, -0.05) is 6.07 Å². The normalized spacial score (nSPS) is 21.2. The zero-order valence-electron chi connectivity index (χ0n) is 9.72. The van der Waals surface area contributed by atoms with Gasteiger partial charge in [0.05, 0.1) is 5.69 Å². The van der Waals surface area contributed by atoms with E-state index < -0.39 is 0 Å². The van der Waals surface area contributed by atoms with E-state index in [-0.39, 0.29) is 0 Å². The molecule has 1 aliphatic rings. The fourth-order valence-electron chi connectivity index (χ4n) is 1.95. The van der Waals surface area contributed by atoms with Gasteiger partial charge in [0, 0.05) is 43.4 Å².